The van der Waals surface area contributed by atoms with E-state index in [-0.39, 0.29) is 16.0 Å². The summed E-state index contributed by atoms with van der Waals surface area (Å²) < 4.78 is 26.5. The molecule has 0 aliphatic heterocycles. The molecule has 0 spiro atoms. The highest BCUT2D eigenvalue weighted by Gasteiger charge is 2.37. The number of hydrogen-bond acceptors (Lipinski definition) is 2. The van der Waals surface area contributed by atoms with Gasteiger partial charge < -0.3 is 0 Å². The lowest BCUT2D eigenvalue weighted by molar-refractivity contribution is 0.424. The molecule has 18 heavy (non-hydrogen) atoms. The van der Waals surface area contributed by atoms with Gasteiger partial charge in [0.15, 0.2) is 0 Å². The topological polar surface area (TPSA) is 37.4 Å². The van der Waals surface area contributed by atoms with Gasteiger partial charge in [0.1, 0.15) is 0 Å². The van der Waals surface area contributed by atoms with Crippen LogP contribution in [0.3, 0.4) is 0 Å². The van der Waals surface area contributed by atoms with Crippen LogP contribution in [0.4, 0.5) is 0 Å². The molecule has 3 nitrogen and oxygen atoms in total. The summed E-state index contributed by atoms with van der Waals surface area (Å²) in [5, 5.41) is 1.23. The second kappa shape index (κ2) is 5.67. The quantitative estimate of drug-likeness (QED) is 0.741. The fourth-order valence-electron chi connectivity index (χ4n) is 1.72. The molecule has 1 aromatic carbocycles. The zero-order valence-corrected chi connectivity index (χ0v) is 13.4. The minimum Gasteiger partial charge on any atom is -0.207 e. The Morgan fingerprint density at radius 3 is 2.44 bits per heavy atom. The predicted octanol–water partition coefficient (Wildman–Crippen LogP) is 3.54. The molecule has 0 radical (unpaired) electrons. The van der Waals surface area contributed by atoms with E-state index in [4.69, 9.17) is 23.2 Å². The van der Waals surface area contributed by atoms with Crippen LogP contribution in [-0.2, 0) is 10.0 Å². The Morgan fingerprint density at radius 2 is 1.94 bits per heavy atom. The highest BCUT2D eigenvalue weighted by molar-refractivity contribution is 9.09. The van der Waals surface area contributed by atoms with Gasteiger partial charge in [0.2, 0.25) is 10.0 Å². The van der Waals surface area contributed by atoms with Crippen LogP contribution in [0, 0.1) is 0 Å². The normalized spacial score (nSPS) is 16.2. The van der Waals surface area contributed by atoms with Crippen molar-refractivity contribution in [1.29, 1.82) is 0 Å². The van der Waals surface area contributed by atoms with Crippen molar-refractivity contribution in [2.45, 2.75) is 23.8 Å². The first-order chi connectivity index (χ1) is 8.46. The first-order valence-corrected chi connectivity index (χ1v) is 8.81. The van der Waals surface area contributed by atoms with Gasteiger partial charge >= 0.3 is 0 Å². The van der Waals surface area contributed by atoms with Crippen LogP contribution in [-0.4, -0.2) is 30.6 Å². The molecular formula is C11H12BrCl2NO2S. The van der Waals surface area contributed by atoms with Crippen LogP contribution < -0.4 is 0 Å². The Bertz CT molecular complexity index is 546. The molecule has 0 aromatic heterocycles. The molecule has 0 unspecified atom stereocenters. The number of nitrogens with zero attached hydrogens (tertiary/aromatic N) is 1. The molecule has 1 saturated carbocycles. The molecule has 0 atom stereocenters. The summed E-state index contributed by atoms with van der Waals surface area (Å²) in [4.78, 5) is 0.199. The first-order valence-electron chi connectivity index (χ1n) is 5.49. The van der Waals surface area contributed by atoms with Crippen molar-refractivity contribution in [2.24, 2.45) is 0 Å². The minimum atomic E-state index is -3.48. The highest BCUT2D eigenvalue weighted by Crippen LogP contribution is 2.33. The predicted molar refractivity (Wildman–Crippen MR) is 77.2 cm³/mol. The Balaban J connectivity index is 2.36. The number of benzene rings is 1. The van der Waals surface area contributed by atoms with Crippen LogP contribution in [0.15, 0.2) is 23.1 Å². The number of hydrogen-bond donors (Lipinski definition) is 0. The fourth-order valence-corrected chi connectivity index (χ4v) is 4.41. The largest absolute Gasteiger partial charge is 0.243 e. The van der Waals surface area contributed by atoms with Crippen molar-refractivity contribution in [1.82, 2.24) is 4.31 Å². The van der Waals surface area contributed by atoms with Gasteiger partial charge in [-0.2, -0.15) is 4.31 Å². The van der Waals surface area contributed by atoms with E-state index >= 15 is 0 Å². The van der Waals surface area contributed by atoms with Crippen molar-refractivity contribution in [2.75, 3.05) is 11.9 Å². The van der Waals surface area contributed by atoms with Gasteiger partial charge in [-0.1, -0.05) is 39.1 Å². The fraction of sp³-hybridized carbons (Fsp3) is 0.455. The number of sulfonamides is 1. The second-order valence-electron chi connectivity index (χ2n) is 4.11. The molecule has 7 heteroatoms. The Labute approximate surface area is 125 Å². The maximum atomic E-state index is 12.5. The molecule has 1 aromatic rings. The lowest BCUT2D eigenvalue weighted by Gasteiger charge is -2.21. The molecule has 0 bridgehead atoms. The van der Waals surface area contributed by atoms with E-state index in [1.807, 2.05) is 0 Å². The Morgan fingerprint density at radius 1 is 1.28 bits per heavy atom. The van der Waals surface area contributed by atoms with Gasteiger partial charge in [-0.25, -0.2) is 8.42 Å². The Kier molecular flexibility index (Phi) is 4.60. The molecule has 0 saturated heterocycles. The van der Waals surface area contributed by atoms with Crippen molar-refractivity contribution < 1.29 is 8.42 Å². The summed E-state index contributed by atoms with van der Waals surface area (Å²) in [6, 6.07) is 4.54. The lowest BCUT2D eigenvalue weighted by Crippen LogP contribution is -2.34. The van der Waals surface area contributed by atoms with Gasteiger partial charge in [0.25, 0.3) is 0 Å². The third kappa shape index (κ3) is 3.02. The maximum absolute atomic E-state index is 12.5. The van der Waals surface area contributed by atoms with Crippen molar-refractivity contribution >= 4 is 49.2 Å². The molecule has 1 aliphatic carbocycles. The first kappa shape index (κ1) is 14.6. The summed E-state index contributed by atoms with van der Waals surface area (Å²) in [5.74, 6) is 0. The van der Waals surface area contributed by atoms with Crippen molar-refractivity contribution in [3.63, 3.8) is 0 Å². The molecule has 1 fully saturated rings. The van der Waals surface area contributed by atoms with Gasteiger partial charge in [0.05, 0.1) is 14.9 Å². The number of rotatable bonds is 5. The molecule has 0 amide bonds. The summed E-state index contributed by atoms with van der Waals surface area (Å²) in [6.07, 6.45) is 1.85. The summed E-state index contributed by atoms with van der Waals surface area (Å²) in [7, 11) is -3.48. The van der Waals surface area contributed by atoms with Crippen LogP contribution in [0.1, 0.15) is 12.8 Å². The van der Waals surface area contributed by atoms with Gasteiger partial charge in [0, 0.05) is 17.9 Å². The summed E-state index contributed by atoms with van der Waals surface area (Å²) in [5.41, 5.74) is 0. The number of alkyl halides is 1. The monoisotopic (exact) mass is 371 g/mol. The lowest BCUT2D eigenvalue weighted by atomic mass is 10.4. The van der Waals surface area contributed by atoms with Gasteiger partial charge in [-0.3, -0.25) is 0 Å². The van der Waals surface area contributed by atoms with Gasteiger partial charge in [-0.05, 0) is 31.0 Å². The van der Waals surface area contributed by atoms with E-state index in [0.717, 1.165) is 12.8 Å². The smallest absolute Gasteiger partial charge is 0.207 e. The van der Waals surface area contributed by atoms with Crippen LogP contribution in [0.2, 0.25) is 10.0 Å². The van der Waals surface area contributed by atoms with Crippen LogP contribution >= 0.6 is 39.1 Å². The average Bonchev–Trinajstić information content (AvgIpc) is 3.13. The molecule has 100 valence electrons. The Hall–Kier alpha value is 0.190. The van der Waals surface area contributed by atoms with E-state index in [2.05, 4.69) is 15.9 Å². The van der Waals surface area contributed by atoms with E-state index in [1.165, 1.54) is 22.5 Å². The zero-order valence-electron chi connectivity index (χ0n) is 9.44. The SMILES string of the molecule is O=S(=O)(c1ccc(Cl)c(Cl)c1)N(CCBr)C1CC1. The molecular weight excluding hydrogens is 361 g/mol. The average molecular weight is 373 g/mol. The van der Waals surface area contributed by atoms with E-state index in [9.17, 15) is 8.42 Å². The van der Waals surface area contributed by atoms with Gasteiger partial charge in [-0.15, -0.1) is 0 Å². The molecule has 1 aliphatic rings. The molecule has 0 N–H and O–H groups in total. The van der Waals surface area contributed by atoms with E-state index in [0.29, 0.717) is 16.9 Å². The van der Waals surface area contributed by atoms with E-state index in [1.54, 1.807) is 0 Å². The maximum Gasteiger partial charge on any atom is 0.243 e. The molecule has 0 heterocycles. The third-order valence-corrected chi connectivity index (χ3v) is 5.80. The van der Waals surface area contributed by atoms with E-state index < -0.39 is 10.0 Å². The van der Waals surface area contributed by atoms with Crippen LogP contribution in [0.5, 0.6) is 0 Å². The summed E-state index contributed by atoms with van der Waals surface area (Å²) in [6.45, 7) is 0.466. The standard InChI is InChI=1S/C11H12BrCl2NO2S/c12-5-6-15(8-1-2-8)18(16,17)9-3-4-10(13)11(14)7-9/h3-4,7-8H,1-2,5-6H2. The van der Waals surface area contributed by atoms with Crippen molar-refractivity contribution in [3.8, 4) is 0 Å². The number of halogens is 3. The zero-order chi connectivity index (χ0) is 13.3. The minimum absolute atomic E-state index is 0.127. The third-order valence-electron chi connectivity index (χ3n) is 2.76. The van der Waals surface area contributed by atoms with Crippen molar-refractivity contribution in [3.05, 3.63) is 28.2 Å². The highest BCUT2D eigenvalue weighted by atomic mass is 79.9. The molecule has 2 rings (SSSR count). The second-order valence-corrected chi connectivity index (χ2v) is 7.61. The summed E-state index contributed by atoms with van der Waals surface area (Å²) >= 11 is 15.0. The van der Waals surface area contributed by atoms with Crippen LogP contribution in [0.25, 0.3) is 0 Å².